The van der Waals surface area contributed by atoms with Gasteiger partial charge in [-0.25, -0.2) is 0 Å². The Labute approximate surface area is 520 Å². The van der Waals surface area contributed by atoms with Crippen LogP contribution in [-0.2, 0) is 9.59 Å². The summed E-state index contributed by atoms with van der Waals surface area (Å²) in [5.41, 5.74) is 3.15. The van der Waals surface area contributed by atoms with E-state index in [0.717, 1.165) is 46.8 Å². The molecule has 0 spiro atoms. The zero-order valence-electron chi connectivity index (χ0n) is 53.0. The number of hydrogen-bond acceptors (Lipinski definition) is 5. The third-order valence-corrected chi connectivity index (χ3v) is 23.2. The van der Waals surface area contributed by atoms with Crippen molar-refractivity contribution in [2.24, 2.45) is 11.8 Å². The van der Waals surface area contributed by atoms with Gasteiger partial charge in [-0.2, -0.15) is 0 Å². The van der Waals surface area contributed by atoms with Gasteiger partial charge in [0.25, 0.3) is 0 Å². The normalized spacial score (nSPS) is 14.6. The van der Waals surface area contributed by atoms with E-state index in [1.54, 1.807) is 22.7 Å². The zero-order valence-corrected chi connectivity index (χ0v) is 57.1. The van der Waals surface area contributed by atoms with E-state index >= 15 is 9.59 Å². The first-order valence-electron chi connectivity index (χ1n) is 34.4. The molecular weight excluding hydrogens is 1120 g/mol. The molecule has 6 heterocycles. The molecule has 2 aliphatic heterocycles. The van der Waals surface area contributed by atoms with Crippen LogP contribution in [0.4, 0.5) is 0 Å². The molecule has 0 aliphatic carbocycles. The van der Waals surface area contributed by atoms with Gasteiger partial charge in [0.2, 0.25) is 0 Å². The fraction of sp³-hybridized carbons (Fsp3) is 0.676. The van der Waals surface area contributed by atoms with E-state index in [4.69, 9.17) is 0 Å². The number of rotatable bonds is 49. The second kappa shape index (κ2) is 40.6. The van der Waals surface area contributed by atoms with Crippen molar-refractivity contribution in [3.05, 3.63) is 88.1 Å². The number of amides is 2. The molecular formula is C74H114N2O2S3Se. The maximum absolute atomic E-state index is 16.0. The number of nitrogens with zero attached hydrogens (tertiary/aromatic N) is 2. The number of carbonyl (C=O) groups is 2. The minimum atomic E-state index is 0.0613. The molecule has 82 heavy (non-hydrogen) atoms. The average molecular weight is 1240 g/mol. The molecule has 2 unspecified atom stereocenters. The Balaban J connectivity index is 1.30. The summed E-state index contributed by atoms with van der Waals surface area (Å²) in [5.74, 6) is 0.922. The van der Waals surface area contributed by atoms with Crippen LogP contribution < -0.4 is 0 Å². The summed E-state index contributed by atoms with van der Waals surface area (Å²) in [4.78, 5) is 43.3. The number of carbonyl (C=O) groups excluding carboxylic acids is 2. The predicted molar refractivity (Wildman–Crippen MR) is 365 cm³/mol. The van der Waals surface area contributed by atoms with Gasteiger partial charge in [-0.1, -0.05) is 259 Å². The Kier molecular flexibility index (Phi) is 33.9. The van der Waals surface area contributed by atoms with E-state index in [1.807, 2.05) is 11.3 Å². The number of hydrogen-bond donors (Lipinski definition) is 0. The second-order valence-electron chi connectivity index (χ2n) is 25.0. The van der Waals surface area contributed by atoms with Crippen LogP contribution in [0.2, 0.25) is 0 Å². The van der Waals surface area contributed by atoms with Gasteiger partial charge in [0.15, 0.2) is 0 Å². The van der Waals surface area contributed by atoms with Crippen LogP contribution in [0.3, 0.4) is 0 Å². The van der Waals surface area contributed by atoms with Gasteiger partial charge in [0.1, 0.15) is 0 Å². The van der Waals surface area contributed by atoms with Gasteiger partial charge in [0, 0.05) is 11.4 Å². The van der Waals surface area contributed by atoms with Crippen LogP contribution in [0.5, 0.6) is 0 Å². The Hall–Kier alpha value is -2.74. The van der Waals surface area contributed by atoms with Crippen molar-refractivity contribution in [2.45, 2.75) is 298 Å². The molecule has 2 aliphatic rings. The first-order valence-corrected chi connectivity index (χ1v) is 38.6. The van der Waals surface area contributed by atoms with Crippen molar-refractivity contribution in [1.82, 2.24) is 9.80 Å². The van der Waals surface area contributed by atoms with E-state index in [2.05, 4.69) is 112 Å². The first kappa shape index (κ1) is 68.4. The molecule has 0 radical (unpaired) electrons. The molecule has 0 bridgehead atoms. The number of thiophene rings is 3. The number of unbranched alkanes of at least 4 members (excludes halogenated alkanes) is 32. The van der Waals surface area contributed by atoms with Crippen molar-refractivity contribution >= 4 is 83.9 Å². The van der Waals surface area contributed by atoms with Crippen molar-refractivity contribution in [3.63, 3.8) is 0 Å². The molecule has 0 fully saturated rings. The maximum atomic E-state index is 16.0. The Morgan fingerprint density at radius 1 is 0.378 bits per heavy atom. The van der Waals surface area contributed by atoms with Crippen molar-refractivity contribution in [1.29, 1.82) is 0 Å². The minimum Gasteiger partial charge on any atom is -0.269 e. The van der Waals surface area contributed by atoms with Crippen molar-refractivity contribution in [2.75, 3.05) is 13.1 Å². The van der Waals surface area contributed by atoms with Crippen LogP contribution in [0.1, 0.15) is 313 Å². The van der Waals surface area contributed by atoms with E-state index in [0.29, 0.717) is 50.6 Å². The van der Waals surface area contributed by atoms with Gasteiger partial charge < -0.3 is 4.90 Å². The summed E-state index contributed by atoms with van der Waals surface area (Å²) < 4.78 is 2.89. The summed E-state index contributed by atoms with van der Waals surface area (Å²) in [6.07, 6.45) is 56.8. The van der Waals surface area contributed by atoms with Crippen LogP contribution in [0.15, 0.2) is 59.7 Å². The van der Waals surface area contributed by atoms with Crippen LogP contribution in [0.25, 0.3) is 33.3 Å². The Morgan fingerprint density at radius 2 is 0.720 bits per heavy atom. The summed E-state index contributed by atoms with van der Waals surface area (Å²) in [5, 5.41) is 0. The van der Waals surface area contributed by atoms with E-state index in [9.17, 15) is 0 Å². The smallest absolute Gasteiger partial charge is 0.269 e. The Bertz CT molecular complexity index is 2480. The number of fused-ring (bicyclic) bond motifs is 1. The standard InChI is InChI=1S/C74H114N2O2S3Se/c1-7-11-15-19-23-27-29-33-37-41-44-61(43-39-35-31-25-21-17-13-9-3)57-75-71(67-53-47-59(5)79-67)69-70(74(75)78)72(68-56-55-66(81-68)65-54-50-63(80-65)49-52-64-51-48-60(6)82-64)76(73(69)77)58-62(45-40-36-32-26-22-18-14-10-4)46-42-38-34-30-28-24-20-16-12-8-2/h47-56,61-62H,7-46,57-58H2,1-6H3/b52-49+. The van der Waals surface area contributed by atoms with E-state index in [1.165, 1.54) is 260 Å². The number of aryl methyl sites for hydroxylation is 2. The van der Waals surface area contributed by atoms with Crippen molar-refractivity contribution in [3.8, 4) is 9.75 Å². The third-order valence-electron chi connectivity index (χ3n) is 17.8. The summed E-state index contributed by atoms with van der Waals surface area (Å²) >= 11 is 5.80. The van der Waals surface area contributed by atoms with Gasteiger partial charge in [-0.3, -0.25) is 9.59 Å². The molecule has 0 saturated carbocycles. The molecule has 0 aromatic carbocycles. The topological polar surface area (TPSA) is 40.6 Å². The van der Waals surface area contributed by atoms with Crippen molar-refractivity contribution < 1.29 is 9.59 Å². The molecule has 0 saturated heterocycles. The molecule has 0 N–H and O–H groups in total. The average Bonchev–Trinajstić information content (AvgIpc) is 4.47. The monoisotopic (exact) mass is 1240 g/mol. The van der Waals surface area contributed by atoms with E-state index < -0.39 is 0 Å². The van der Waals surface area contributed by atoms with Crippen LogP contribution >= 0.6 is 34.0 Å². The Morgan fingerprint density at radius 3 is 1.09 bits per heavy atom. The van der Waals surface area contributed by atoms with Gasteiger partial charge in [0.05, 0.1) is 10.6 Å². The third kappa shape index (κ3) is 23.5. The van der Waals surface area contributed by atoms with Gasteiger partial charge in [-0.05, 0) is 56.6 Å². The molecule has 4 nitrogen and oxygen atoms in total. The predicted octanol–water partition coefficient (Wildman–Crippen LogP) is 24.1. The SMILES string of the molecule is CCCCCCCCCCCCC(CCCCCCCCCC)CN1C(=O)C2=C(c3ccc(-c4ccc(/C=C/c5ccc(C)[se]5)s4)s3)N(CC(CCCCCCCCCC)CCCCCCCCCCCC)C(=O)C2=C1c1ccc(C)s1. The minimum absolute atomic E-state index is 0.0613. The molecule has 4 aromatic rings. The molecule has 2 atom stereocenters. The quantitative estimate of drug-likeness (QED) is 0.0327. The fourth-order valence-corrected chi connectivity index (χ4v) is 17.5. The zero-order chi connectivity index (χ0) is 58.0. The van der Waals surface area contributed by atoms with Gasteiger partial charge in [-0.15, -0.1) is 11.3 Å². The van der Waals surface area contributed by atoms with E-state index in [-0.39, 0.29) is 11.8 Å². The molecule has 4 aromatic heterocycles. The first-order chi connectivity index (χ1) is 40.3. The van der Waals surface area contributed by atoms with Gasteiger partial charge >= 0.3 is 161 Å². The van der Waals surface area contributed by atoms with Crippen LogP contribution in [-0.4, -0.2) is 49.2 Å². The molecule has 8 heteroatoms. The molecule has 6 rings (SSSR count). The summed E-state index contributed by atoms with van der Waals surface area (Å²) in [6, 6.07) is 18.0. The molecule has 2 amide bonds. The fourth-order valence-electron chi connectivity index (χ4n) is 12.8. The second-order valence-corrected chi connectivity index (χ2v) is 31.3. The summed E-state index contributed by atoms with van der Waals surface area (Å²) in [6.45, 7) is 15.0. The molecule has 456 valence electrons. The van der Waals surface area contributed by atoms with Crippen LogP contribution in [0, 0.1) is 25.7 Å². The summed E-state index contributed by atoms with van der Waals surface area (Å²) in [7, 11) is 0.